The van der Waals surface area contributed by atoms with Crippen LogP contribution in [0.3, 0.4) is 0 Å². The molecule has 0 aliphatic rings. The van der Waals surface area contributed by atoms with E-state index in [1.807, 2.05) is 57.2 Å². The number of hydrogen-bond donors (Lipinski definition) is 1. The van der Waals surface area contributed by atoms with E-state index in [1.165, 1.54) is 0 Å². The van der Waals surface area contributed by atoms with Gasteiger partial charge in [-0.25, -0.2) is 9.97 Å². The molecule has 1 N–H and O–H groups in total. The number of ketones is 1. The van der Waals surface area contributed by atoms with Crippen molar-refractivity contribution >= 4 is 11.7 Å². The fourth-order valence-corrected chi connectivity index (χ4v) is 1.95. The van der Waals surface area contributed by atoms with Gasteiger partial charge in [0.1, 0.15) is 6.04 Å². The Morgan fingerprint density at radius 1 is 1.15 bits per heavy atom. The molecule has 4 heteroatoms. The summed E-state index contributed by atoms with van der Waals surface area (Å²) in [5.74, 6) is 0.548. The molecule has 0 amide bonds. The summed E-state index contributed by atoms with van der Waals surface area (Å²) in [5.41, 5.74) is 1.79. The second-order valence-electron chi connectivity index (χ2n) is 5.07. The van der Waals surface area contributed by atoms with Crippen molar-refractivity contribution in [1.82, 2.24) is 9.97 Å². The molecule has 0 aliphatic heterocycles. The molecular weight excluding hydrogens is 250 g/mol. The predicted octanol–water partition coefficient (Wildman–Crippen LogP) is 3.16. The zero-order chi connectivity index (χ0) is 14.5. The van der Waals surface area contributed by atoms with Crippen LogP contribution in [-0.2, 0) is 4.79 Å². The second-order valence-corrected chi connectivity index (χ2v) is 5.07. The van der Waals surface area contributed by atoms with E-state index in [4.69, 9.17) is 0 Å². The molecule has 0 saturated carbocycles. The van der Waals surface area contributed by atoms with E-state index in [9.17, 15) is 4.79 Å². The van der Waals surface area contributed by atoms with Crippen LogP contribution in [0.5, 0.6) is 0 Å². The molecule has 2 aromatic rings. The molecule has 4 nitrogen and oxygen atoms in total. The number of aryl methyl sites for hydroxylation is 1. The van der Waals surface area contributed by atoms with Crippen molar-refractivity contribution in [1.29, 1.82) is 0 Å². The van der Waals surface area contributed by atoms with Crippen LogP contribution in [0, 0.1) is 12.8 Å². The number of benzene rings is 1. The number of anilines is 1. The summed E-state index contributed by atoms with van der Waals surface area (Å²) in [5, 5.41) is 3.15. The Kier molecular flexibility index (Phi) is 4.45. The van der Waals surface area contributed by atoms with E-state index < -0.39 is 6.04 Å². The summed E-state index contributed by atoms with van der Waals surface area (Å²) < 4.78 is 0. The third-order valence-corrected chi connectivity index (χ3v) is 3.05. The van der Waals surface area contributed by atoms with Crippen LogP contribution >= 0.6 is 0 Å². The summed E-state index contributed by atoms with van der Waals surface area (Å²) in [7, 11) is 0. The Morgan fingerprint density at radius 2 is 1.85 bits per heavy atom. The van der Waals surface area contributed by atoms with Crippen molar-refractivity contribution in [2.75, 3.05) is 5.32 Å². The van der Waals surface area contributed by atoms with E-state index in [-0.39, 0.29) is 11.7 Å². The van der Waals surface area contributed by atoms with Gasteiger partial charge in [-0.1, -0.05) is 44.2 Å². The molecule has 2 rings (SSSR count). The Morgan fingerprint density at radius 3 is 2.45 bits per heavy atom. The zero-order valence-corrected chi connectivity index (χ0v) is 12.0. The molecule has 0 saturated heterocycles. The lowest BCUT2D eigenvalue weighted by Gasteiger charge is -2.20. The Labute approximate surface area is 119 Å². The van der Waals surface area contributed by atoms with Crippen molar-refractivity contribution in [2.24, 2.45) is 5.92 Å². The fourth-order valence-electron chi connectivity index (χ4n) is 1.95. The van der Waals surface area contributed by atoms with Crippen LogP contribution in [0.1, 0.15) is 31.1 Å². The van der Waals surface area contributed by atoms with Crippen molar-refractivity contribution in [3.05, 3.63) is 53.9 Å². The van der Waals surface area contributed by atoms with Gasteiger partial charge in [-0.05, 0) is 18.6 Å². The fraction of sp³-hybridized carbons (Fsp3) is 0.312. The van der Waals surface area contributed by atoms with Crippen LogP contribution in [0.15, 0.2) is 42.6 Å². The van der Waals surface area contributed by atoms with Gasteiger partial charge in [0.2, 0.25) is 5.95 Å². The normalized spacial score (nSPS) is 12.2. The summed E-state index contributed by atoms with van der Waals surface area (Å²) in [6, 6.07) is 11.1. The molecule has 0 radical (unpaired) electrons. The highest BCUT2D eigenvalue weighted by Gasteiger charge is 2.23. The molecule has 0 fully saturated rings. The maximum Gasteiger partial charge on any atom is 0.223 e. The summed E-state index contributed by atoms with van der Waals surface area (Å²) in [6.45, 7) is 5.70. The van der Waals surface area contributed by atoms with E-state index in [0.717, 1.165) is 11.3 Å². The maximum atomic E-state index is 12.4. The van der Waals surface area contributed by atoms with Crippen molar-refractivity contribution < 1.29 is 4.79 Å². The SMILES string of the molecule is Cc1ccnc(NC(C(=O)C(C)C)c2ccccc2)n1. The molecule has 1 heterocycles. The largest absolute Gasteiger partial charge is 0.340 e. The van der Waals surface area contributed by atoms with Gasteiger partial charge < -0.3 is 5.32 Å². The Hall–Kier alpha value is -2.23. The number of Topliss-reactive ketones (excluding diaryl/α,β-unsaturated/α-hetero) is 1. The molecule has 0 spiro atoms. The van der Waals surface area contributed by atoms with Gasteiger partial charge in [-0.3, -0.25) is 4.79 Å². The van der Waals surface area contributed by atoms with Crippen molar-refractivity contribution in [2.45, 2.75) is 26.8 Å². The molecular formula is C16H19N3O. The predicted molar refractivity (Wildman–Crippen MR) is 79.4 cm³/mol. The standard InChI is InChI=1S/C16H19N3O/c1-11(2)15(20)14(13-7-5-4-6-8-13)19-16-17-10-9-12(3)18-16/h4-11,14H,1-3H3,(H,17,18,19). The minimum Gasteiger partial charge on any atom is -0.340 e. The molecule has 1 atom stereocenters. The van der Waals surface area contributed by atoms with Crippen LogP contribution in [-0.4, -0.2) is 15.8 Å². The van der Waals surface area contributed by atoms with Crippen LogP contribution in [0.25, 0.3) is 0 Å². The molecule has 1 unspecified atom stereocenters. The van der Waals surface area contributed by atoms with E-state index in [2.05, 4.69) is 15.3 Å². The number of hydrogen-bond acceptors (Lipinski definition) is 4. The van der Waals surface area contributed by atoms with Gasteiger partial charge in [0.25, 0.3) is 0 Å². The van der Waals surface area contributed by atoms with Gasteiger partial charge in [0, 0.05) is 17.8 Å². The minimum atomic E-state index is -0.419. The molecule has 1 aromatic heterocycles. The number of carbonyl (C=O) groups excluding carboxylic acids is 1. The lowest BCUT2D eigenvalue weighted by Crippen LogP contribution is -2.25. The smallest absolute Gasteiger partial charge is 0.223 e. The number of nitrogens with one attached hydrogen (secondary N) is 1. The quantitative estimate of drug-likeness (QED) is 0.905. The van der Waals surface area contributed by atoms with E-state index >= 15 is 0 Å². The van der Waals surface area contributed by atoms with Crippen molar-refractivity contribution in [3.63, 3.8) is 0 Å². The van der Waals surface area contributed by atoms with Crippen LogP contribution in [0.4, 0.5) is 5.95 Å². The average molecular weight is 269 g/mol. The molecule has 0 bridgehead atoms. The highest BCUT2D eigenvalue weighted by Crippen LogP contribution is 2.21. The summed E-state index contributed by atoms with van der Waals surface area (Å²) in [4.78, 5) is 20.9. The Bertz CT molecular complexity index is 581. The first-order valence-corrected chi connectivity index (χ1v) is 6.73. The summed E-state index contributed by atoms with van der Waals surface area (Å²) >= 11 is 0. The molecule has 104 valence electrons. The minimum absolute atomic E-state index is 0.0579. The number of carbonyl (C=O) groups is 1. The van der Waals surface area contributed by atoms with Gasteiger partial charge in [-0.15, -0.1) is 0 Å². The van der Waals surface area contributed by atoms with Gasteiger partial charge in [0.05, 0.1) is 0 Å². The monoisotopic (exact) mass is 269 g/mol. The first kappa shape index (κ1) is 14.2. The second kappa shape index (κ2) is 6.28. The molecule has 0 aliphatic carbocycles. The van der Waals surface area contributed by atoms with Crippen LogP contribution in [0.2, 0.25) is 0 Å². The highest BCUT2D eigenvalue weighted by molar-refractivity contribution is 5.89. The highest BCUT2D eigenvalue weighted by atomic mass is 16.1. The maximum absolute atomic E-state index is 12.4. The Balaban J connectivity index is 2.30. The summed E-state index contributed by atoms with van der Waals surface area (Å²) in [6.07, 6.45) is 1.69. The first-order chi connectivity index (χ1) is 9.58. The lowest BCUT2D eigenvalue weighted by atomic mass is 9.95. The topological polar surface area (TPSA) is 54.9 Å². The van der Waals surface area contributed by atoms with Gasteiger partial charge in [0.15, 0.2) is 5.78 Å². The van der Waals surface area contributed by atoms with E-state index in [1.54, 1.807) is 6.20 Å². The van der Waals surface area contributed by atoms with Crippen molar-refractivity contribution in [3.8, 4) is 0 Å². The molecule has 20 heavy (non-hydrogen) atoms. The average Bonchev–Trinajstić information content (AvgIpc) is 2.45. The third kappa shape index (κ3) is 3.41. The number of rotatable bonds is 5. The first-order valence-electron chi connectivity index (χ1n) is 6.73. The third-order valence-electron chi connectivity index (χ3n) is 3.05. The number of nitrogens with zero attached hydrogens (tertiary/aromatic N) is 2. The lowest BCUT2D eigenvalue weighted by molar-refractivity contribution is -0.122. The van der Waals surface area contributed by atoms with Gasteiger partial charge in [-0.2, -0.15) is 0 Å². The van der Waals surface area contributed by atoms with Crippen LogP contribution < -0.4 is 5.32 Å². The zero-order valence-electron chi connectivity index (χ0n) is 12.0. The van der Waals surface area contributed by atoms with E-state index in [0.29, 0.717) is 5.95 Å². The number of aromatic nitrogens is 2. The van der Waals surface area contributed by atoms with Gasteiger partial charge >= 0.3 is 0 Å². The molecule has 1 aromatic carbocycles.